The molecule has 4 heteroatoms. The van der Waals surface area contributed by atoms with Gasteiger partial charge in [-0.05, 0) is 82.8 Å². The number of rotatable bonds is 5. The third kappa shape index (κ3) is 4.84. The van der Waals surface area contributed by atoms with Crippen LogP contribution in [0.2, 0.25) is 0 Å². The van der Waals surface area contributed by atoms with Gasteiger partial charge in [0.05, 0.1) is 22.2 Å². The van der Waals surface area contributed by atoms with Crippen molar-refractivity contribution in [1.29, 1.82) is 0 Å². The fraction of sp³-hybridized carbons (Fsp3) is 0.0400. The first kappa shape index (κ1) is 30.6. The molecule has 0 bridgehead atoms. The topological polar surface area (TPSA) is 34.0 Å². The minimum Gasteiger partial charge on any atom is -0.313 e. The zero-order valence-electron chi connectivity index (χ0n) is 29.5. The number of anilines is 2. The summed E-state index contributed by atoms with van der Waals surface area (Å²) in [5.41, 5.74) is 15.3. The zero-order valence-corrected chi connectivity index (χ0v) is 29.5. The number of para-hydroxylation sites is 3. The normalized spacial score (nSPS) is 15.0. The molecule has 0 N–H and O–H groups in total. The number of aromatic nitrogens is 3. The molecule has 7 aromatic carbocycles. The third-order valence-corrected chi connectivity index (χ3v) is 11.1. The lowest BCUT2D eigenvalue weighted by atomic mass is 9.84. The summed E-state index contributed by atoms with van der Waals surface area (Å²) < 4.78 is 2.23. The van der Waals surface area contributed by atoms with E-state index >= 15 is 0 Å². The highest BCUT2D eigenvalue weighted by Gasteiger charge is 2.36. The van der Waals surface area contributed by atoms with Crippen molar-refractivity contribution in [2.75, 3.05) is 4.90 Å². The van der Waals surface area contributed by atoms with Crippen molar-refractivity contribution in [3.8, 4) is 28.3 Å². The molecule has 0 saturated heterocycles. The molecule has 54 heavy (non-hydrogen) atoms. The highest BCUT2D eigenvalue weighted by Crippen LogP contribution is 2.53. The fourth-order valence-electron chi connectivity index (χ4n) is 8.65. The monoisotopic (exact) mass is 690 g/mol. The summed E-state index contributed by atoms with van der Waals surface area (Å²) in [6.45, 7) is 0. The first-order valence-corrected chi connectivity index (χ1v) is 18.6. The molecule has 0 spiro atoms. The van der Waals surface area contributed by atoms with Gasteiger partial charge in [0.15, 0.2) is 0 Å². The van der Waals surface area contributed by atoms with Crippen LogP contribution in [0.5, 0.6) is 0 Å². The molecule has 1 unspecified atom stereocenters. The van der Waals surface area contributed by atoms with Gasteiger partial charge in [0.25, 0.3) is 0 Å². The van der Waals surface area contributed by atoms with Crippen molar-refractivity contribution in [2.45, 2.75) is 12.3 Å². The Bertz CT molecular complexity index is 2970. The average Bonchev–Trinajstić information content (AvgIpc) is 3.76. The van der Waals surface area contributed by atoms with Crippen molar-refractivity contribution >= 4 is 49.7 Å². The minimum absolute atomic E-state index is 0.265. The maximum Gasteiger partial charge on any atom is 0.235 e. The Balaban J connectivity index is 1.03. The second kappa shape index (κ2) is 12.3. The lowest BCUT2D eigenvalue weighted by Crippen LogP contribution is -2.15. The van der Waals surface area contributed by atoms with E-state index in [0.717, 1.165) is 39.6 Å². The molecule has 0 amide bonds. The Hall–Kier alpha value is -7.04. The summed E-state index contributed by atoms with van der Waals surface area (Å²) in [4.78, 5) is 12.9. The summed E-state index contributed by atoms with van der Waals surface area (Å²) in [5.74, 6) is 0.941. The summed E-state index contributed by atoms with van der Waals surface area (Å²) in [5, 5.41) is 3.43. The van der Waals surface area contributed by atoms with Crippen molar-refractivity contribution < 1.29 is 0 Å². The summed E-state index contributed by atoms with van der Waals surface area (Å²) in [6, 6.07) is 62.8. The standard InChI is InChI=1S/C50H34N4/c1-3-14-33(15-4-1)35-18-13-19-38(30-35)53-45-24-11-8-20-39(45)42-31-36(26-28-47(42)53)37-27-29-48-43(32-37)40-21-9-12-25-46(40)54(48)50-51-44-23-10-7-22-41(44)49(52-50)34-16-5-2-6-17-34/h1-30,32,42H,31H2. The van der Waals surface area contributed by atoms with Crippen LogP contribution in [-0.2, 0) is 0 Å². The third-order valence-electron chi connectivity index (χ3n) is 11.1. The molecule has 0 fully saturated rings. The number of allylic oxidation sites excluding steroid dienone is 4. The molecule has 2 aromatic heterocycles. The van der Waals surface area contributed by atoms with Crippen LogP contribution in [0.3, 0.4) is 0 Å². The summed E-state index contributed by atoms with van der Waals surface area (Å²) >= 11 is 0. The van der Waals surface area contributed by atoms with Crippen molar-refractivity contribution in [2.24, 2.45) is 0 Å². The Kier molecular flexibility index (Phi) is 6.96. The Morgan fingerprint density at radius 3 is 2.06 bits per heavy atom. The maximum atomic E-state index is 5.27. The highest BCUT2D eigenvalue weighted by molar-refractivity contribution is 6.10. The molecule has 1 aliphatic carbocycles. The minimum atomic E-state index is 0.265. The Morgan fingerprint density at radius 1 is 0.481 bits per heavy atom. The van der Waals surface area contributed by atoms with E-state index in [0.29, 0.717) is 5.95 Å². The lowest BCUT2D eigenvalue weighted by Gasteiger charge is -2.27. The molecule has 1 atom stereocenters. The second-order valence-electron chi connectivity index (χ2n) is 14.2. The van der Waals surface area contributed by atoms with E-state index in [4.69, 9.17) is 9.97 Å². The largest absolute Gasteiger partial charge is 0.313 e. The molecule has 3 heterocycles. The fourth-order valence-corrected chi connectivity index (χ4v) is 8.65. The quantitative estimate of drug-likeness (QED) is 0.180. The predicted molar refractivity (Wildman–Crippen MR) is 223 cm³/mol. The Labute approximate surface area is 313 Å². The van der Waals surface area contributed by atoms with Crippen LogP contribution in [0.1, 0.15) is 23.5 Å². The lowest BCUT2D eigenvalue weighted by molar-refractivity contribution is 0.832. The first-order chi connectivity index (χ1) is 26.8. The molecular weight excluding hydrogens is 657 g/mol. The van der Waals surface area contributed by atoms with Gasteiger partial charge in [-0.15, -0.1) is 0 Å². The van der Waals surface area contributed by atoms with Crippen molar-refractivity contribution in [3.05, 3.63) is 205 Å². The molecule has 4 nitrogen and oxygen atoms in total. The second-order valence-corrected chi connectivity index (χ2v) is 14.2. The van der Waals surface area contributed by atoms with Crippen LogP contribution in [-0.4, -0.2) is 14.5 Å². The molecular formula is C50H34N4. The maximum absolute atomic E-state index is 5.27. The van der Waals surface area contributed by atoms with Crippen LogP contribution in [0, 0.1) is 0 Å². The van der Waals surface area contributed by atoms with Crippen LogP contribution in [0.25, 0.3) is 66.6 Å². The van der Waals surface area contributed by atoms with Gasteiger partial charge < -0.3 is 4.90 Å². The molecule has 11 rings (SSSR count). The first-order valence-electron chi connectivity index (χ1n) is 18.6. The molecule has 9 aromatic rings. The van der Waals surface area contributed by atoms with Gasteiger partial charge >= 0.3 is 0 Å². The molecule has 1 aliphatic heterocycles. The SMILES string of the molecule is C1=C(c2ccc3c(c2)c2ccccc2n3-c2nc(-c3ccccc3)c3ccccc3n2)CC2C(=C1)N(c1cccc(-c3ccccc3)c1)c1ccccc12. The number of fused-ring (bicyclic) bond motifs is 7. The van der Waals surface area contributed by atoms with Gasteiger partial charge in [-0.3, -0.25) is 4.57 Å². The van der Waals surface area contributed by atoms with E-state index in [2.05, 4.69) is 185 Å². The number of nitrogens with zero attached hydrogens (tertiary/aromatic N) is 4. The summed E-state index contributed by atoms with van der Waals surface area (Å²) in [7, 11) is 0. The van der Waals surface area contributed by atoms with Crippen molar-refractivity contribution in [3.63, 3.8) is 0 Å². The van der Waals surface area contributed by atoms with Gasteiger partial charge in [0.1, 0.15) is 0 Å². The van der Waals surface area contributed by atoms with Crippen LogP contribution >= 0.6 is 0 Å². The molecule has 0 radical (unpaired) electrons. The van der Waals surface area contributed by atoms with E-state index in [9.17, 15) is 0 Å². The van der Waals surface area contributed by atoms with E-state index in [1.54, 1.807) is 0 Å². The Morgan fingerprint density at radius 2 is 1.19 bits per heavy atom. The van der Waals surface area contributed by atoms with E-state index in [1.807, 2.05) is 12.1 Å². The summed E-state index contributed by atoms with van der Waals surface area (Å²) in [6.07, 6.45) is 5.61. The predicted octanol–water partition coefficient (Wildman–Crippen LogP) is 12.7. The number of benzene rings is 7. The van der Waals surface area contributed by atoms with Gasteiger partial charge in [-0.1, -0.05) is 140 Å². The van der Waals surface area contributed by atoms with Crippen LogP contribution in [0.15, 0.2) is 194 Å². The van der Waals surface area contributed by atoms with Gasteiger partial charge in [0, 0.05) is 44.7 Å². The van der Waals surface area contributed by atoms with E-state index in [-0.39, 0.29) is 5.92 Å². The zero-order chi connectivity index (χ0) is 35.6. The molecule has 0 saturated carbocycles. The number of hydrogen-bond donors (Lipinski definition) is 0. The average molecular weight is 691 g/mol. The van der Waals surface area contributed by atoms with E-state index in [1.165, 1.54) is 55.7 Å². The smallest absolute Gasteiger partial charge is 0.235 e. The molecule has 2 aliphatic rings. The van der Waals surface area contributed by atoms with Gasteiger partial charge in [-0.25, -0.2) is 9.97 Å². The highest BCUT2D eigenvalue weighted by atomic mass is 15.2. The van der Waals surface area contributed by atoms with Crippen LogP contribution < -0.4 is 4.90 Å². The molecule has 254 valence electrons. The van der Waals surface area contributed by atoms with E-state index < -0.39 is 0 Å². The van der Waals surface area contributed by atoms with Gasteiger partial charge in [0.2, 0.25) is 5.95 Å². The van der Waals surface area contributed by atoms with Crippen LogP contribution in [0.4, 0.5) is 11.4 Å². The number of hydrogen-bond acceptors (Lipinski definition) is 3. The van der Waals surface area contributed by atoms with Gasteiger partial charge in [-0.2, -0.15) is 0 Å². The van der Waals surface area contributed by atoms with Crippen molar-refractivity contribution in [1.82, 2.24) is 14.5 Å².